The molecule has 1 unspecified atom stereocenters. The van der Waals surface area contributed by atoms with Gasteiger partial charge in [0.1, 0.15) is 11.3 Å². The zero-order valence-electron chi connectivity index (χ0n) is 10.8. The van der Waals surface area contributed by atoms with E-state index in [9.17, 15) is 17.6 Å². The van der Waals surface area contributed by atoms with Crippen molar-refractivity contribution >= 4 is 0 Å². The largest absolute Gasteiger partial charge is 0.496 e. The van der Waals surface area contributed by atoms with Gasteiger partial charge in [0.25, 0.3) is 0 Å². The van der Waals surface area contributed by atoms with E-state index in [-0.39, 0.29) is 18.0 Å². The highest BCUT2D eigenvalue weighted by molar-refractivity contribution is 5.49. The van der Waals surface area contributed by atoms with Crippen molar-refractivity contribution in [3.63, 3.8) is 0 Å². The van der Waals surface area contributed by atoms with Gasteiger partial charge in [0.15, 0.2) is 11.6 Å². The van der Waals surface area contributed by atoms with Gasteiger partial charge in [-0.1, -0.05) is 0 Å². The maximum Gasteiger partial charge on any atom is 0.422 e. The van der Waals surface area contributed by atoms with E-state index in [2.05, 4.69) is 4.74 Å². The lowest BCUT2D eigenvalue weighted by Gasteiger charge is -2.18. The predicted molar refractivity (Wildman–Crippen MR) is 61.9 cm³/mol. The van der Waals surface area contributed by atoms with Crippen molar-refractivity contribution in [3.05, 3.63) is 23.0 Å². The van der Waals surface area contributed by atoms with Crippen molar-refractivity contribution in [2.75, 3.05) is 14.2 Å². The molecule has 0 saturated heterocycles. The quantitative estimate of drug-likeness (QED) is 0.863. The first-order chi connectivity index (χ1) is 8.72. The van der Waals surface area contributed by atoms with Crippen molar-refractivity contribution < 1.29 is 27.0 Å². The number of halogens is 4. The highest BCUT2D eigenvalue weighted by Gasteiger charge is 2.40. The van der Waals surface area contributed by atoms with E-state index in [0.29, 0.717) is 0 Å². The molecular formula is C12H15F4NO2. The van der Waals surface area contributed by atoms with Crippen LogP contribution in [0.1, 0.15) is 18.1 Å². The van der Waals surface area contributed by atoms with Gasteiger partial charge in [-0.2, -0.15) is 13.2 Å². The summed E-state index contributed by atoms with van der Waals surface area (Å²) in [6.07, 6.45) is -4.69. The molecule has 0 amide bonds. The Kier molecular flexibility index (Phi) is 4.62. The molecule has 1 aromatic carbocycles. The van der Waals surface area contributed by atoms with E-state index in [4.69, 9.17) is 10.5 Å². The van der Waals surface area contributed by atoms with Crippen molar-refractivity contribution in [2.45, 2.75) is 25.6 Å². The molecule has 19 heavy (non-hydrogen) atoms. The molecular weight excluding hydrogens is 266 g/mol. The Morgan fingerprint density at radius 1 is 1.26 bits per heavy atom. The normalized spacial score (nSPS) is 13.3. The molecule has 0 aliphatic carbocycles. The van der Waals surface area contributed by atoms with Gasteiger partial charge in [0.2, 0.25) is 0 Å². The summed E-state index contributed by atoms with van der Waals surface area (Å²) in [6.45, 7) is 1.65. The lowest BCUT2D eigenvalue weighted by atomic mass is 10.0. The molecule has 1 rings (SSSR count). The average molecular weight is 281 g/mol. The molecule has 2 N–H and O–H groups in total. The van der Waals surface area contributed by atoms with Crippen LogP contribution in [0.3, 0.4) is 0 Å². The zero-order chi connectivity index (χ0) is 14.8. The third-order valence-electron chi connectivity index (χ3n) is 2.51. The van der Waals surface area contributed by atoms with Gasteiger partial charge < -0.3 is 15.2 Å². The van der Waals surface area contributed by atoms with Crippen molar-refractivity contribution in [1.29, 1.82) is 0 Å². The molecule has 3 nitrogen and oxygen atoms in total. The van der Waals surface area contributed by atoms with Crippen LogP contribution in [-0.2, 0) is 12.6 Å². The topological polar surface area (TPSA) is 44.5 Å². The van der Waals surface area contributed by atoms with Crippen LogP contribution >= 0.6 is 0 Å². The Hall–Kier alpha value is -1.50. The number of benzene rings is 1. The average Bonchev–Trinajstić information content (AvgIpc) is 2.25. The van der Waals surface area contributed by atoms with Crippen molar-refractivity contribution in [3.8, 4) is 11.5 Å². The minimum Gasteiger partial charge on any atom is -0.496 e. The van der Waals surface area contributed by atoms with E-state index >= 15 is 0 Å². The standard InChI is InChI=1S/C12H15F4NO2/c1-6(17)4-7-5-8(18-2)9(12(14,15)16)10(13)11(7)19-3/h5-6H,4,17H2,1-3H3. The van der Waals surface area contributed by atoms with Crippen LogP contribution in [0.5, 0.6) is 11.5 Å². The van der Waals surface area contributed by atoms with Gasteiger partial charge in [-0.05, 0) is 19.4 Å². The minimum atomic E-state index is -4.87. The molecule has 0 bridgehead atoms. The monoisotopic (exact) mass is 281 g/mol. The van der Waals surface area contributed by atoms with Crippen LogP contribution in [0.25, 0.3) is 0 Å². The van der Waals surface area contributed by atoms with Gasteiger partial charge in [-0.25, -0.2) is 4.39 Å². The fourth-order valence-corrected chi connectivity index (χ4v) is 1.80. The fraction of sp³-hybridized carbons (Fsp3) is 0.500. The molecule has 0 radical (unpaired) electrons. The number of alkyl halides is 3. The van der Waals surface area contributed by atoms with Crippen LogP contribution in [0, 0.1) is 5.82 Å². The van der Waals surface area contributed by atoms with Gasteiger partial charge >= 0.3 is 6.18 Å². The van der Waals surface area contributed by atoms with Crippen molar-refractivity contribution in [2.24, 2.45) is 5.73 Å². The van der Waals surface area contributed by atoms with Gasteiger partial charge in [-0.15, -0.1) is 0 Å². The molecule has 0 spiro atoms. The van der Waals surface area contributed by atoms with Crippen LogP contribution in [0.2, 0.25) is 0 Å². The Bertz CT molecular complexity index is 458. The molecule has 0 fully saturated rings. The minimum absolute atomic E-state index is 0.175. The number of hydrogen-bond donors (Lipinski definition) is 1. The molecule has 1 aromatic rings. The zero-order valence-corrected chi connectivity index (χ0v) is 10.8. The molecule has 1 atom stereocenters. The first kappa shape index (κ1) is 15.6. The summed E-state index contributed by atoms with van der Waals surface area (Å²) in [5.41, 5.74) is 4.34. The summed E-state index contributed by atoms with van der Waals surface area (Å²) < 4.78 is 61.7. The number of nitrogens with two attached hydrogens (primary N) is 1. The van der Waals surface area contributed by atoms with E-state index in [1.54, 1.807) is 6.92 Å². The first-order valence-corrected chi connectivity index (χ1v) is 5.48. The van der Waals surface area contributed by atoms with Crippen molar-refractivity contribution in [1.82, 2.24) is 0 Å². The Morgan fingerprint density at radius 2 is 1.84 bits per heavy atom. The summed E-state index contributed by atoms with van der Waals surface area (Å²) in [4.78, 5) is 0. The molecule has 0 heterocycles. The maximum absolute atomic E-state index is 14.0. The molecule has 0 aromatic heterocycles. The number of methoxy groups -OCH3 is 2. The molecule has 7 heteroatoms. The third-order valence-corrected chi connectivity index (χ3v) is 2.51. The molecule has 0 aliphatic rings. The maximum atomic E-state index is 14.0. The number of hydrogen-bond acceptors (Lipinski definition) is 3. The predicted octanol–water partition coefficient (Wildman–Crippen LogP) is 2.75. The first-order valence-electron chi connectivity index (χ1n) is 5.48. The molecule has 0 aliphatic heterocycles. The Labute approximate surface area is 108 Å². The van der Waals surface area contributed by atoms with Gasteiger partial charge in [0, 0.05) is 11.6 Å². The fourth-order valence-electron chi connectivity index (χ4n) is 1.80. The number of rotatable bonds is 4. The van der Waals surface area contributed by atoms with Crippen LogP contribution in [0.4, 0.5) is 17.6 Å². The highest BCUT2D eigenvalue weighted by Crippen LogP contribution is 2.43. The SMILES string of the molecule is COc1cc(CC(C)N)c(OC)c(F)c1C(F)(F)F. The molecule has 108 valence electrons. The third kappa shape index (κ3) is 3.28. The second-order valence-corrected chi connectivity index (χ2v) is 4.14. The lowest BCUT2D eigenvalue weighted by Crippen LogP contribution is -2.20. The Morgan fingerprint density at radius 3 is 2.21 bits per heavy atom. The molecule has 0 saturated carbocycles. The second-order valence-electron chi connectivity index (χ2n) is 4.14. The summed E-state index contributed by atoms with van der Waals surface area (Å²) in [7, 11) is 2.15. The van der Waals surface area contributed by atoms with Gasteiger partial charge in [-0.3, -0.25) is 0 Å². The van der Waals surface area contributed by atoms with E-state index in [1.165, 1.54) is 0 Å². The summed E-state index contributed by atoms with van der Waals surface area (Å²) in [5.74, 6) is -2.52. The highest BCUT2D eigenvalue weighted by atomic mass is 19.4. The van der Waals surface area contributed by atoms with Crippen LogP contribution in [0.15, 0.2) is 6.07 Å². The van der Waals surface area contributed by atoms with E-state index < -0.39 is 29.1 Å². The summed E-state index contributed by atoms with van der Waals surface area (Å²) in [5, 5.41) is 0. The van der Waals surface area contributed by atoms with E-state index in [1.807, 2.05) is 0 Å². The van der Waals surface area contributed by atoms with Gasteiger partial charge in [0.05, 0.1) is 14.2 Å². The smallest absolute Gasteiger partial charge is 0.422 e. The second kappa shape index (κ2) is 5.64. The lowest BCUT2D eigenvalue weighted by molar-refractivity contribution is -0.141. The van der Waals surface area contributed by atoms with E-state index in [0.717, 1.165) is 20.3 Å². The summed E-state index contributed by atoms with van der Waals surface area (Å²) >= 11 is 0. The van der Waals surface area contributed by atoms with Crippen LogP contribution in [-0.4, -0.2) is 20.3 Å². The number of ether oxygens (including phenoxy) is 2. The Balaban J connectivity index is 3.52. The van der Waals surface area contributed by atoms with Crippen LogP contribution < -0.4 is 15.2 Å². The summed E-state index contributed by atoms with van der Waals surface area (Å²) in [6, 6.07) is 0.753.